The SMILES string of the molecule is CNc1snnc1CN1C(=O)C2CC(C)CC2C1=O. The molecule has 1 saturated heterocycles. The van der Waals surface area contributed by atoms with Gasteiger partial charge in [-0.05, 0) is 18.8 Å². The number of nitrogens with one attached hydrogen (secondary N) is 1. The zero-order valence-corrected chi connectivity index (χ0v) is 11.7. The van der Waals surface area contributed by atoms with Crippen LogP contribution in [0.3, 0.4) is 0 Å². The summed E-state index contributed by atoms with van der Waals surface area (Å²) in [5, 5.41) is 7.78. The van der Waals surface area contributed by atoms with E-state index in [2.05, 4.69) is 21.8 Å². The van der Waals surface area contributed by atoms with Crippen LogP contribution in [0.25, 0.3) is 0 Å². The maximum absolute atomic E-state index is 12.3. The lowest BCUT2D eigenvalue weighted by Gasteiger charge is -2.15. The molecule has 19 heavy (non-hydrogen) atoms. The fourth-order valence-corrected chi connectivity index (χ4v) is 3.68. The minimum Gasteiger partial charge on any atom is -0.377 e. The van der Waals surface area contributed by atoms with Crippen molar-refractivity contribution in [1.82, 2.24) is 14.5 Å². The van der Waals surface area contributed by atoms with Crippen LogP contribution in [0.2, 0.25) is 0 Å². The largest absolute Gasteiger partial charge is 0.377 e. The first-order valence-corrected chi connectivity index (χ1v) is 7.23. The van der Waals surface area contributed by atoms with Gasteiger partial charge in [0.25, 0.3) is 0 Å². The maximum Gasteiger partial charge on any atom is 0.233 e. The Morgan fingerprint density at radius 3 is 2.53 bits per heavy atom. The van der Waals surface area contributed by atoms with E-state index in [1.54, 1.807) is 7.05 Å². The van der Waals surface area contributed by atoms with Gasteiger partial charge in [-0.2, -0.15) is 0 Å². The van der Waals surface area contributed by atoms with Gasteiger partial charge in [0.2, 0.25) is 11.8 Å². The van der Waals surface area contributed by atoms with Crippen molar-refractivity contribution in [2.75, 3.05) is 12.4 Å². The number of likely N-dealkylation sites (tertiary alicyclic amines) is 1. The molecule has 2 aliphatic rings. The first kappa shape index (κ1) is 12.5. The molecule has 2 fully saturated rings. The molecule has 1 aromatic heterocycles. The summed E-state index contributed by atoms with van der Waals surface area (Å²) in [6.45, 7) is 2.35. The predicted octanol–water partition coefficient (Wildman–Crippen LogP) is 1.11. The quantitative estimate of drug-likeness (QED) is 0.839. The number of carbonyl (C=O) groups excluding carboxylic acids is 2. The van der Waals surface area contributed by atoms with Gasteiger partial charge in [0.15, 0.2) is 0 Å². The van der Waals surface area contributed by atoms with E-state index < -0.39 is 0 Å². The van der Waals surface area contributed by atoms with E-state index in [1.807, 2.05) is 0 Å². The third-order valence-electron chi connectivity index (χ3n) is 4.06. The molecular weight excluding hydrogens is 264 g/mol. The molecule has 0 bridgehead atoms. The number of nitrogens with zero attached hydrogens (tertiary/aromatic N) is 3. The van der Waals surface area contributed by atoms with Crippen LogP contribution in [0.5, 0.6) is 0 Å². The van der Waals surface area contributed by atoms with E-state index in [9.17, 15) is 9.59 Å². The fourth-order valence-electron chi connectivity index (χ4n) is 3.15. The molecule has 1 saturated carbocycles. The van der Waals surface area contributed by atoms with Gasteiger partial charge >= 0.3 is 0 Å². The van der Waals surface area contributed by atoms with Crippen molar-refractivity contribution in [3.63, 3.8) is 0 Å². The van der Waals surface area contributed by atoms with E-state index >= 15 is 0 Å². The number of aromatic nitrogens is 2. The molecule has 102 valence electrons. The molecule has 0 spiro atoms. The second-order valence-electron chi connectivity index (χ2n) is 5.35. The van der Waals surface area contributed by atoms with Crippen LogP contribution in [0.1, 0.15) is 25.5 Å². The molecule has 2 unspecified atom stereocenters. The van der Waals surface area contributed by atoms with E-state index in [1.165, 1.54) is 16.4 Å². The van der Waals surface area contributed by atoms with Crippen LogP contribution in [0, 0.1) is 17.8 Å². The van der Waals surface area contributed by atoms with Crippen LogP contribution < -0.4 is 5.32 Å². The lowest BCUT2D eigenvalue weighted by molar-refractivity contribution is -0.141. The predicted molar refractivity (Wildman–Crippen MR) is 70.4 cm³/mol. The molecule has 1 N–H and O–H groups in total. The summed E-state index contributed by atoms with van der Waals surface area (Å²) in [6, 6.07) is 0. The van der Waals surface area contributed by atoms with Crippen LogP contribution in [0.4, 0.5) is 5.00 Å². The van der Waals surface area contributed by atoms with Crippen LogP contribution in [0.15, 0.2) is 0 Å². The minimum absolute atomic E-state index is 0.0330. The van der Waals surface area contributed by atoms with Crippen LogP contribution >= 0.6 is 11.5 Å². The number of hydrogen-bond donors (Lipinski definition) is 1. The summed E-state index contributed by atoms with van der Waals surface area (Å²) in [7, 11) is 1.78. The number of carbonyl (C=O) groups is 2. The average molecular weight is 280 g/mol. The molecule has 0 aromatic carbocycles. The van der Waals surface area contributed by atoms with Crippen molar-refractivity contribution in [3.05, 3.63) is 5.69 Å². The van der Waals surface area contributed by atoms with Crippen molar-refractivity contribution in [2.45, 2.75) is 26.3 Å². The van der Waals surface area contributed by atoms with Crippen LogP contribution in [-0.2, 0) is 16.1 Å². The van der Waals surface area contributed by atoms with Crippen molar-refractivity contribution in [2.24, 2.45) is 17.8 Å². The van der Waals surface area contributed by atoms with Gasteiger partial charge in [-0.3, -0.25) is 14.5 Å². The Kier molecular flexibility index (Phi) is 3.00. The highest BCUT2D eigenvalue weighted by atomic mass is 32.1. The normalized spacial score (nSPS) is 30.0. The van der Waals surface area contributed by atoms with Gasteiger partial charge < -0.3 is 5.32 Å². The van der Waals surface area contributed by atoms with Gasteiger partial charge in [0.1, 0.15) is 10.7 Å². The Labute approximate surface area is 115 Å². The van der Waals surface area contributed by atoms with Gasteiger partial charge in [-0.25, -0.2) is 0 Å². The van der Waals surface area contributed by atoms with Gasteiger partial charge in [0.05, 0.1) is 18.4 Å². The van der Waals surface area contributed by atoms with E-state index in [-0.39, 0.29) is 30.2 Å². The summed E-state index contributed by atoms with van der Waals surface area (Å²) >= 11 is 1.24. The van der Waals surface area contributed by atoms with E-state index in [0.29, 0.717) is 11.6 Å². The Morgan fingerprint density at radius 2 is 1.95 bits per heavy atom. The number of rotatable bonds is 3. The Morgan fingerprint density at radius 1 is 1.32 bits per heavy atom. The van der Waals surface area contributed by atoms with Crippen molar-refractivity contribution in [3.8, 4) is 0 Å². The van der Waals surface area contributed by atoms with Crippen molar-refractivity contribution < 1.29 is 9.59 Å². The molecule has 3 rings (SSSR count). The highest BCUT2D eigenvalue weighted by Crippen LogP contribution is 2.43. The molecule has 7 heteroatoms. The lowest BCUT2D eigenvalue weighted by atomic mass is 10.00. The summed E-state index contributed by atoms with van der Waals surface area (Å²) < 4.78 is 3.85. The second-order valence-corrected chi connectivity index (χ2v) is 6.11. The zero-order valence-electron chi connectivity index (χ0n) is 10.9. The first-order chi connectivity index (χ1) is 9.11. The van der Waals surface area contributed by atoms with Crippen LogP contribution in [-0.4, -0.2) is 33.3 Å². The summed E-state index contributed by atoms with van der Waals surface area (Å²) in [5.74, 6) is 0.196. The third-order valence-corrected chi connectivity index (χ3v) is 4.84. The smallest absolute Gasteiger partial charge is 0.233 e. The van der Waals surface area contributed by atoms with Gasteiger partial charge in [-0.1, -0.05) is 11.4 Å². The standard InChI is InChI=1S/C12H16N4O2S/c1-6-3-7-8(4-6)12(18)16(11(7)17)5-9-10(13-2)19-15-14-9/h6-8,13H,3-5H2,1-2H3. The Bertz CT molecular complexity index is 506. The molecular formula is C12H16N4O2S. The topological polar surface area (TPSA) is 75.2 Å². The van der Waals surface area contributed by atoms with Gasteiger partial charge in [-0.15, -0.1) is 5.10 Å². The molecule has 0 radical (unpaired) electrons. The number of hydrogen-bond acceptors (Lipinski definition) is 6. The van der Waals surface area contributed by atoms with Crippen molar-refractivity contribution >= 4 is 28.3 Å². The molecule has 2 atom stereocenters. The Hall–Kier alpha value is -1.50. The molecule has 6 nitrogen and oxygen atoms in total. The molecule has 1 aliphatic heterocycles. The fraction of sp³-hybridized carbons (Fsp3) is 0.667. The zero-order chi connectivity index (χ0) is 13.6. The summed E-state index contributed by atoms with van der Waals surface area (Å²) in [4.78, 5) is 26.0. The maximum atomic E-state index is 12.3. The van der Waals surface area contributed by atoms with Crippen molar-refractivity contribution in [1.29, 1.82) is 0 Å². The van der Waals surface area contributed by atoms with E-state index in [4.69, 9.17) is 0 Å². The molecule has 1 aromatic rings. The lowest BCUT2D eigenvalue weighted by Crippen LogP contribution is -2.32. The van der Waals surface area contributed by atoms with E-state index in [0.717, 1.165) is 17.8 Å². The highest BCUT2D eigenvalue weighted by molar-refractivity contribution is 7.10. The summed E-state index contributed by atoms with van der Waals surface area (Å²) in [5.41, 5.74) is 0.669. The average Bonchev–Trinajstić information content (AvgIpc) is 3.04. The third kappa shape index (κ3) is 1.92. The monoisotopic (exact) mass is 280 g/mol. The number of amides is 2. The number of anilines is 1. The first-order valence-electron chi connectivity index (χ1n) is 6.46. The second kappa shape index (κ2) is 4.56. The molecule has 2 amide bonds. The molecule has 2 heterocycles. The minimum atomic E-state index is -0.105. The molecule has 1 aliphatic carbocycles. The Balaban J connectivity index is 1.80. The summed E-state index contributed by atoms with van der Waals surface area (Å²) in [6.07, 6.45) is 1.67. The number of imide groups is 1. The van der Waals surface area contributed by atoms with Gasteiger partial charge in [0, 0.05) is 18.6 Å². The number of fused-ring (bicyclic) bond motifs is 1. The highest BCUT2D eigenvalue weighted by Gasteiger charge is 2.51.